The Balaban J connectivity index is 1.93. The Morgan fingerprint density at radius 1 is 1.05 bits per heavy atom. The molecule has 0 amide bonds. The second kappa shape index (κ2) is 4.87. The topological polar surface area (TPSA) is 48.8 Å². The summed E-state index contributed by atoms with van der Waals surface area (Å²) in [5, 5.41) is 9.96. The molecule has 1 heterocycles. The van der Waals surface area contributed by atoms with Crippen molar-refractivity contribution in [2.75, 3.05) is 0 Å². The third-order valence-electron chi connectivity index (χ3n) is 3.03. The Morgan fingerprint density at radius 3 is 2.68 bits per heavy atom. The molecule has 0 fully saturated rings. The van der Waals surface area contributed by atoms with E-state index in [4.69, 9.17) is 10.00 Å². The highest BCUT2D eigenvalue weighted by Crippen LogP contribution is 2.28. The van der Waals surface area contributed by atoms with Gasteiger partial charge in [-0.05, 0) is 17.7 Å². The smallest absolute Gasteiger partial charge is 0.130 e. The van der Waals surface area contributed by atoms with Crippen molar-refractivity contribution < 1.29 is 4.74 Å². The van der Waals surface area contributed by atoms with Crippen LogP contribution in [-0.2, 0) is 6.61 Å². The Bertz CT molecular complexity index is 738. The Labute approximate surface area is 111 Å². The Kier molecular flexibility index (Phi) is 2.91. The van der Waals surface area contributed by atoms with Crippen molar-refractivity contribution in [3.05, 3.63) is 65.9 Å². The van der Waals surface area contributed by atoms with E-state index < -0.39 is 0 Å². The van der Waals surface area contributed by atoms with Crippen molar-refractivity contribution in [3.8, 4) is 11.8 Å². The molecule has 0 unspecified atom stereocenters. The molecule has 0 aliphatic heterocycles. The standard InChI is InChI=1S/C16H12N2O/c17-9-13-10-18-14-7-4-8-15(16(13)14)19-11-12-5-2-1-3-6-12/h1-8,10,18H,11H2. The molecule has 0 bridgehead atoms. The summed E-state index contributed by atoms with van der Waals surface area (Å²) in [7, 11) is 0. The van der Waals surface area contributed by atoms with Gasteiger partial charge in [-0.25, -0.2) is 0 Å². The van der Waals surface area contributed by atoms with Gasteiger partial charge < -0.3 is 9.72 Å². The number of nitrogens with one attached hydrogen (secondary N) is 1. The number of hydrogen-bond donors (Lipinski definition) is 1. The van der Waals surface area contributed by atoms with Crippen LogP contribution in [-0.4, -0.2) is 4.98 Å². The van der Waals surface area contributed by atoms with E-state index in [9.17, 15) is 0 Å². The number of aromatic amines is 1. The monoisotopic (exact) mass is 248 g/mol. The summed E-state index contributed by atoms with van der Waals surface area (Å²) < 4.78 is 5.84. The molecule has 92 valence electrons. The molecule has 0 saturated carbocycles. The zero-order chi connectivity index (χ0) is 13.1. The number of nitriles is 1. The largest absolute Gasteiger partial charge is 0.488 e. The highest BCUT2D eigenvalue weighted by molar-refractivity contribution is 5.91. The van der Waals surface area contributed by atoms with Gasteiger partial charge in [-0.15, -0.1) is 0 Å². The molecule has 0 saturated heterocycles. The fourth-order valence-electron chi connectivity index (χ4n) is 2.10. The highest BCUT2D eigenvalue weighted by Gasteiger charge is 2.09. The molecule has 0 atom stereocenters. The summed E-state index contributed by atoms with van der Waals surface area (Å²) in [5.41, 5.74) is 2.63. The summed E-state index contributed by atoms with van der Waals surface area (Å²) in [5.74, 6) is 0.735. The van der Waals surface area contributed by atoms with Crippen LogP contribution in [0.25, 0.3) is 10.9 Å². The van der Waals surface area contributed by atoms with Gasteiger partial charge in [0.25, 0.3) is 0 Å². The van der Waals surface area contributed by atoms with Gasteiger partial charge in [-0.1, -0.05) is 36.4 Å². The summed E-state index contributed by atoms with van der Waals surface area (Å²) in [4.78, 5) is 3.08. The van der Waals surface area contributed by atoms with Crippen LogP contribution in [0.2, 0.25) is 0 Å². The molecule has 19 heavy (non-hydrogen) atoms. The third kappa shape index (κ3) is 2.16. The lowest BCUT2D eigenvalue weighted by atomic mass is 10.1. The number of rotatable bonds is 3. The molecule has 3 nitrogen and oxygen atoms in total. The van der Waals surface area contributed by atoms with Crippen molar-refractivity contribution >= 4 is 10.9 Å². The van der Waals surface area contributed by atoms with Crippen LogP contribution >= 0.6 is 0 Å². The van der Waals surface area contributed by atoms with Crippen molar-refractivity contribution in [2.45, 2.75) is 6.61 Å². The van der Waals surface area contributed by atoms with Crippen molar-refractivity contribution in [1.82, 2.24) is 4.98 Å². The highest BCUT2D eigenvalue weighted by atomic mass is 16.5. The SMILES string of the molecule is N#Cc1c[nH]c2cccc(OCc3ccccc3)c12. The van der Waals surface area contributed by atoms with Crippen molar-refractivity contribution in [3.63, 3.8) is 0 Å². The van der Waals surface area contributed by atoms with Gasteiger partial charge in [0.2, 0.25) is 0 Å². The summed E-state index contributed by atoms with van der Waals surface area (Å²) >= 11 is 0. The first-order chi connectivity index (χ1) is 9.38. The molecule has 1 N–H and O–H groups in total. The molecule has 0 spiro atoms. The van der Waals surface area contributed by atoms with Crippen molar-refractivity contribution in [2.24, 2.45) is 0 Å². The molecule has 3 heteroatoms. The van der Waals surface area contributed by atoms with Gasteiger partial charge in [0.1, 0.15) is 18.4 Å². The van der Waals surface area contributed by atoms with Crippen LogP contribution in [0.4, 0.5) is 0 Å². The second-order valence-electron chi connectivity index (χ2n) is 4.27. The minimum absolute atomic E-state index is 0.496. The summed E-state index contributed by atoms with van der Waals surface area (Å²) in [6, 6.07) is 17.9. The van der Waals surface area contributed by atoms with Gasteiger partial charge in [-0.3, -0.25) is 0 Å². The first-order valence-electron chi connectivity index (χ1n) is 6.05. The number of H-pyrrole nitrogens is 1. The zero-order valence-electron chi connectivity index (χ0n) is 10.3. The molecular weight excluding hydrogens is 236 g/mol. The Morgan fingerprint density at radius 2 is 1.89 bits per heavy atom. The predicted octanol–water partition coefficient (Wildman–Crippen LogP) is 3.62. The van der Waals surface area contributed by atoms with E-state index in [1.165, 1.54) is 0 Å². The zero-order valence-corrected chi connectivity index (χ0v) is 10.3. The molecule has 0 radical (unpaired) electrons. The molecule has 0 aliphatic rings. The number of ether oxygens (including phenoxy) is 1. The summed E-state index contributed by atoms with van der Waals surface area (Å²) in [6.07, 6.45) is 1.71. The van der Waals surface area contributed by atoms with E-state index in [0.29, 0.717) is 12.2 Å². The second-order valence-corrected chi connectivity index (χ2v) is 4.27. The normalized spacial score (nSPS) is 10.3. The number of fused-ring (bicyclic) bond motifs is 1. The van der Waals surface area contributed by atoms with E-state index >= 15 is 0 Å². The minimum atomic E-state index is 0.496. The molecule has 1 aromatic heterocycles. The van der Waals surface area contributed by atoms with Gasteiger partial charge >= 0.3 is 0 Å². The van der Waals surface area contributed by atoms with Crippen LogP contribution in [0, 0.1) is 11.3 Å². The van der Waals surface area contributed by atoms with Crippen LogP contribution in [0.5, 0.6) is 5.75 Å². The average Bonchev–Trinajstić information content (AvgIpc) is 2.90. The lowest BCUT2D eigenvalue weighted by Crippen LogP contribution is -1.95. The van der Waals surface area contributed by atoms with E-state index in [1.807, 2.05) is 48.5 Å². The first kappa shape index (κ1) is 11.4. The van der Waals surface area contributed by atoms with Gasteiger partial charge in [-0.2, -0.15) is 5.26 Å². The molecule has 3 aromatic rings. The maximum absolute atomic E-state index is 9.11. The van der Waals surface area contributed by atoms with Crippen LogP contribution < -0.4 is 4.74 Å². The maximum Gasteiger partial charge on any atom is 0.130 e. The maximum atomic E-state index is 9.11. The summed E-state index contributed by atoms with van der Waals surface area (Å²) in [6.45, 7) is 0.496. The van der Waals surface area contributed by atoms with E-state index in [-0.39, 0.29) is 0 Å². The van der Waals surface area contributed by atoms with E-state index in [1.54, 1.807) is 6.20 Å². The molecular formula is C16H12N2O. The number of nitrogens with zero attached hydrogens (tertiary/aromatic N) is 1. The fraction of sp³-hybridized carbons (Fsp3) is 0.0625. The quantitative estimate of drug-likeness (QED) is 0.769. The number of hydrogen-bond acceptors (Lipinski definition) is 2. The van der Waals surface area contributed by atoms with Crippen molar-refractivity contribution in [1.29, 1.82) is 5.26 Å². The fourth-order valence-corrected chi connectivity index (χ4v) is 2.10. The van der Waals surface area contributed by atoms with E-state index in [2.05, 4.69) is 11.1 Å². The Hall–Kier alpha value is -2.73. The van der Waals surface area contributed by atoms with Gasteiger partial charge in [0, 0.05) is 6.20 Å². The van der Waals surface area contributed by atoms with E-state index in [0.717, 1.165) is 22.2 Å². The molecule has 0 aliphatic carbocycles. The minimum Gasteiger partial charge on any atom is -0.488 e. The van der Waals surface area contributed by atoms with Crippen LogP contribution in [0.15, 0.2) is 54.7 Å². The predicted molar refractivity (Wildman–Crippen MR) is 73.8 cm³/mol. The molecule has 3 rings (SSSR count). The molecule has 2 aromatic carbocycles. The average molecular weight is 248 g/mol. The van der Waals surface area contributed by atoms with Crippen LogP contribution in [0.1, 0.15) is 11.1 Å². The number of aromatic nitrogens is 1. The lowest BCUT2D eigenvalue weighted by Gasteiger charge is -2.07. The number of benzene rings is 2. The first-order valence-corrected chi connectivity index (χ1v) is 6.05. The van der Waals surface area contributed by atoms with Gasteiger partial charge in [0.15, 0.2) is 0 Å². The van der Waals surface area contributed by atoms with Gasteiger partial charge in [0.05, 0.1) is 16.5 Å². The lowest BCUT2D eigenvalue weighted by molar-refractivity contribution is 0.310. The third-order valence-corrected chi connectivity index (χ3v) is 3.03. The van der Waals surface area contributed by atoms with Crippen LogP contribution in [0.3, 0.4) is 0 Å².